The monoisotopic (exact) mass is 478 g/mol. The second kappa shape index (κ2) is 9.69. The Hall–Kier alpha value is -1.19. The van der Waals surface area contributed by atoms with Gasteiger partial charge in [0.05, 0.1) is 31.8 Å². The summed E-state index contributed by atoms with van der Waals surface area (Å²) in [4.78, 5) is 17.2. The molecule has 0 aromatic carbocycles. The molecule has 0 aromatic heterocycles. The van der Waals surface area contributed by atoms with Gasteiger partial charge in [-0.25, -0.2) is 4.79 Å². The average Bonchev–Trinajstić information content (AvgIpc) is 3.70. The zero-order valence-corrected chi connectivity index (χ0v) is 21.3. The van der Waals surface area contributed by atoms with Crippen LogP contribution in [0.4, 0.5) is 4.79 Å². The molecule has 4 heterocycles. The predicted molar refractivity (Wildman–Crippen MR) is 127 cm³/mol. The number of rotatable bonds is 8. The van der Waals surface area contributed by atoms with Crippen LogP contribution in [0.5, 0.6) is 0 Å². The predicted octanol–water partition coefficient (Wildman–Crippen LogP) is 2.85. The summed E-state index contributed by atoms with van der Waals surface area (Å²) in [5, 5.41) is 0. The largest absolute Gasteiger partial charge is 0.443 e. The van der Waals surface area contributed by atoms with Crippen LogP contribution in [0.1, 0.15) is 46.5 Å². The maximum absolute atomic E-state index is 12.9. The van der Waals surface area contributed by atoms with E-state index >= 15 is 0 Å². The lowest BCUT2D eigenvalue weighted by molar-refractivity contribution is -0.124. The Bertz CT molecular complexity index is 769. The van der Waals surface area contributed by atoms with Gasteiger partial charge in [-0.05, 0) is 58.9 Å². The van der Waals surface area contributed by atoms with Crippen molar-refractivity contribution >= 4 is 6.09 Å². The number of allylic oxidation sites excluding steroid dienone is 1. The lowest BCUT2D eigenvalue weighted by atomic mass is 9.68. The number of carbonyl (C=O) groups is 1. The molecule has 0 bridgehead atoms. The van der Waals surface area contributed by atoms with Gasteiger partial charge in [0.2, 0.25) is 0 Å². The smallest absolute Gasteiger partial charge is 0.410 e. The Morgan fingerprint density at radius 1 is 1.21 bits per heavy atom. The van der Waals surface area contributed by atoms with Crippen molar-refractivity contribution in [3.63, 3.8) is 0 Å². The fraction of sp³-hybridized carbons (Fsp3) is 0.885. The number of likely N-dealkylation sites (tertiary alicyclic amines) is 1. The maximum Gasteiger partial charge on any atom is 0.410 e. The summed E-state index contributed by atoms with van der Waals surface area (Å²) in [6, 6.07) is 0. The number of hydrogen-bond acceptors (Lipinski definition) is 7. The Labute approximate surface area is 203 Å². The molecule has 5 aliphatic rings. The number of amides is 1. The lowest BCUT2D eigenvalue weighted by Gasteiger charge is -2.44. The number of morpholine rings is 1. The van der Waals surface area contributed by atoms with Gasteiger partial charge in [0.25, 0.3) is 0 Å². The van der Waals surface area contributed by atoms with Gasteiger partial charge in [-0.3, -0.25) is 4.90 Å². The SMILES string of the molecule is COC1C([C@@]2(C)O[C@@H]2CC=C(C)C)[C@]2(CC[C@H]1OC(=O)N1CC(CCN3CCOCC3)C1)CO2. The molecule has 1 spiro atoms. The zero-order chi connectivity index (χ0) is 23.9. The van der Waals surface area contributed by atoms with E-state index in [1.807, 2.05) is 4.90 Å². The minimum Gasteiger partial charge on any atom is -0.443 e. The molecule has 4 aliphatic heterocycles. The van der Waals surface area contributed by atoms with Crippen molar-refractivity contribution in [1.82, 2.24) is 9.80 Å². The highest BCUT2D eigenvalue weighted by Crippen LogP contribution is 2.59. The number of hydrogen-bond donors (Lipinski definition) is 0. The Morgan fingerprint density at radius 3 is 2.59 bits per heavy atom. The quantitative estimate of drug-likeness (QED) is 0.392. The van der Waals surface area contributed by atoms with Crippen LogP contribution in [0.15, 0.2) is 11.6 Å². The minimum absolute atomic E-state index is 0.0600. The third kappa shape index (κ3) is 4.89. The summed E-state index contributed by atoms with van der Waals surface area (Å²) in [6.07, 6.45) is 5.36. The topological polar surface area (TPSA) is 76.3 Å². The van der Waals surface area contributed by atoms with Gasteiger partial charge in [-0.1, -0.05) is 11.6 Å². The Kier molecular flexibility index (Phi) is 6.99. The molecule has 0 radical (unpaired) electrons. The molecule has 1 saturated carbocycles. The van der Waals surface area contributed by atoms with E-state index in [2.05, 4.69) is 31.7 Å². The summed E-state index contributed by atoms with van der Waals surface area (Å²) >= 11 is 0. The number of nitrogens with zero attached hydrogens (tertiary/aromatic N) is 2. The average molecular weight is 479 g/mol. The molecule has 192 valence electrons. The number of methoxy groups -OCH3 is 1. The van der Waals surface area contributed by atoms with Crippen molar-refractivity contribution in [2.45, 2.75) is 76.0 Å². The maximum atomic E-state index is 12.9. The Balaban J connectivity index is 1.14. The van der Waals surface area contributed by atoms with Crippen LogP contribution in [-0.4, -0.2) is 105 Å². The van der Waals surface area contributed by atoms with E-state index in [0.717, 1.165) is 78.2 Å². The van der Waals surface area contributed by atoms with Crippen LogP contribution in [0.2, 0.25) is 0 Å². The van der Waals surface area contributed by atoms with Gasteiger partial charge >= 0.3 is 6.09 Å². The van der Waals surface area contributed by atoms with Gasteiger partial charge < -0.3 is 28.6 Å². The molecule has 8 heteroatoms. The van der Waals surface area contributed by atoms with E-state index in [1.165, 1.54) is 5.57 Å². The molecule has 34 heavy (non-hydrogen) atoms. The standard InChI is InChI=1S/C26H42N2O6/c1-18(2)5-6-21-25(3,34-21)23-22(30-4)20(7-9-26(23)17-32-26)33-24(29)28-15-19(16-28)8-10-27-11-13-31-14-12-27/h5,19-23H,6-17H2,1-4H3/t20-,21-,22?,23?,25+,26+/m1/s1. The number of ether oxygens (including phenoxy) is 5. The van der Waals surface area contributed by atoms with Crippen LogP contribution < -0.4 is 0 Å². The summed E-state index contributed by atoms with van der Waals surface area (Å²) in [6.45, 7) is 13.5. The highest BCUT2D eigenvalue weighted by molar-refractivity contribution is 5.69. The third-order valence-corrected chi connectivity index (χ3v) is 8.66. The molecule has 8 nitrogen and oxygen atoms in total. The zero-order valence-electron chi connectivity index (χ0n) is 21.3. The first kappa shape index (κ1) is 24.5. The van der Waals surface area contributed by atoms with Crippen molar-refractivity contribution < 1.29 is 28.5 Å². The first-order chi connectivity index (χ1) is 16.3. The molecule has 5 fully saturated rings. The molecule has 0 N–H and O–H groups in total. The highest BCUT2D eigenvalue weighted by Gasteiger charge is 2.72. The molecular weight excluding hydrogens is 436 g/mol. The van der Waals surface area contributed by atoms with Crippen LogP contribution in [0.25, 0.3) is 0 Å². The van der Waals surface area contributed by atoms with E-state index < -0.39 is 0 Å². The molecule has 4 saturated heterocycles. The first-order valence-corrected chi connectivity index (χ1v) is 13.1. The summed E-state index contributed by atoms with van der Waals surface area (Å²) in [5.74, 6) is 0.621. The summed E-state index contributed by atoms with van der Waals surface area (Å²) in [5.41, 5.74) is 0.793. The molecule has 2 unspecified atom stereocenters. The summed E-state index contributed by atoms with van der Waals surface area (Å²) in [7, 11) is 1.72. The van der Waals surface area contributed by atoms with Crippen molar-refractivity contribution in [2.75, 3.05) is 59.7 Å². The van der Waals surface area contributed by atoms with Gasteiger partial charge in [0.1, 0.15) is 23.4 Å². The first-order valence-electron chi connectivity index (χ1n) is 13.1. The molecular formula is C26H42N2O6. The van der Waals surface area contributed by atoms with E-state index in [4.69, 9.17) is 23.7 Å². The molecule has 1 aliphatic carbocycles. The second-order valence-electron chi connectivity index (χ2n) is 11.3. The van der Waals surface area contributed by atoms with Crippen molar-refractivity contribution in [3.05, 3.63) is 11.6 Å². The van der Waals surface area contributed by atoms with Crippen LogP contribution >= 0.6 is 0 Å². The van der Waals surface area contributed by atoms with E-state index in [0.29, 0.717) is 5.92 Å². The highest BCUT2D eigenvalue weighted by atomic mass is 16.6. The summed E-state index contributed by atoms with van der Waals surface area (Å²) < 4.78 is 29.8. The van der Waals surface area contributed by atoms with Crippen molar-refractivity contribution in [3.8, 4) is 0 Å². The fourth-order valence-corrected chi connectivity index (χ4v) is 6.37. The van der Waals surface area contributed by atoms with Crippen molar-refractivity contribution in [2.24, 2.45) is 11.8 Å². The van der Waals surface area contributed by atoms with Crippen LogP contribution in [0.3, 0.4) is 0 Å². The minimum atomic E-state index is -0.310. The molecule has 5 rings (SSSR count). The second-order valence-corrected chi connectivity index (χ2v) is 11.3. The molecule has 6 atom stereocenters. The fourth-order valence-electron chi connectivity index (χ4n) is 6.37. The molecule has 0 aromatic rings. The molecule has 1 amide bonds. The van der Waals surface area contributed by atoms with Gasteiger partial charge in [0, 0.05) is 33.3 Å². The third-order valence-electron chi connectivity index (χ3n) is 8.66. The van der Waals surface area contributed by atoms with E-state index in [9.17, 15) is 4.79 Å². The van der Waals surface area contributed by atoms with E-state index in [1.54, 1.807) is 7.11 Å². The van der Waals surface area contributed by atoms with Crippen molar-refractivity contribution in [1.29, 1.82) is 0 Å². The van der Waals surface area contributed by atoms with Crippen LogP contribution in [-0.2, 0) is 23.7 Å². The lowest BCUT2D eigenvalue weighted by Crippen LogP contribution is -2.57. The number of epoxide rings is 2. The number of carbonyl (C=O) groups excluding carboxylic acids is 1. The van der Waals surface area contributed by atoms with Gasteiger partial charge in [0.15, 0.2) is 0 Å². The normalized spacial score (nSPS) is 40.1. The Morgan fingerprint density at radius 2 is 1.94 bits per heavy atom. The van der Waals surface area contributed by atoms with E-state index in [-0.39, 0.29) is 41.5 Å². The van der Waals surface area contributed by atoms with Gasteiger partial charge in [-0.2, -0.15) is 0 Å². The van der Waals surface area contributed by atoms with Crippen LogP contribution in [0, 0.1) is 11.8 Å². The van der Waals surface area contributed by atoms with Gasteiger partial charge in [-0.15, -0.1) is 0 Å².